The van der Waals surface area contributed by atoms with Gasteiger partial charge in [-0.1, -0.05) is 106 Å². The van der Waals surface area contributed by atoms with Crippen LogP contribution in [0.15, 0.2) is 72.4 Å². The highest BCUT2D eigenvalue weighted by atomic mass is 14.5. The number of rotatable bonds is 7. The van der Waals surface area contributed by atoms with Crippen molar-refractivity contribution in [3.63, 3.8) is 0 Å². The van der Waals surface area contributed by atoms with Gasteiger partial charge in [-0.05, 0) is 152 Å². The fourth-order valence-electron chi connectivity index (χ4n) is 10.2. The Morgan fingerprint density at radius 3 is 2.42 bits per heavy atom. The van der Waals surface area contributed by atoms with E-state index in [1.165, 1.54) is 82.2 Å². The third-order valence-electron chi connectivity index (χ3n) is 12.3. The quantitative estimate of drug-likeness (QED) is 0.290. The Labute approximate surface area is 262 Å². The minimum Gasteiger partial charge on any atom is -0.0986 e. The molecular formula is C43H54. The molecule has 0 heteroatoms. The van der Waals surface area contributed by atoms with E-state index in [0.29, 0.717) is 17.3 Å². The Morgan fingerprint density at radius 2 is 1.70 bits per heavy atom. The number of hydrogen-bond acceptors (Lipinski definition) is 0. The van der Waals surface area contributed by atoms with E-state index in [4.69, 9.17) is 0 Å². The van der Waals surface area contributed by atoms with Crippen molar-refractivity contribution in [1.29, 1.82) is 0 Å². The zero-order chi connectivity index (χ0) is 30.0. The number of aryl methyl sites for hydroxylation is 2. The molecule has 0 nitrogen and oxygen atoms in total. The molecule has 0 aromatic heterocycles. The van der Waals surface area contributed by atoms with Crippen LogP contribution >= 0.6 is 0 Å². The molecule has 0 spiro atoms. The van der Waals surface area contributed by atoms with Gasteiger partial charge in [-0.25, -0.2) is 0 Å². The minimum absolute atomic E-state index is 0.291. The van der Waals surface area contributed by atoms with Gasteiger partial charge in [0.1, 0.15) is 0 Å². The second kappa shape index (κ2) is 11.1. The first-order valence-corrected chi connectivity index (χ1v) is 17.5. The Kier molecular flexibility index (Phi) is 7.51. The van der Waals surface area contributed by atoms with Crippen LogP contribution in [0.4, 0.5) is 0 Å². The van der Waals surface area contributed by atoms with E-state index in [-0.39, 0.29) is 0 Å². The van der Waals surface area contributed by atoms with Gasteiger partial charge < -0.3 is 0 Å². The van der Waals surface area contributed by atoms with E-state index in [1.54, 1.807) is 18.4 Å². The number of hydrogen-bond donors (Lipinski definition) is 0. The van der Waals surface area contributed by atoms with Crippen molar-refractivity contribution in [3.8, 4) is 11.1 Å². The van der Waals surface area contributed by atoms with Crippen molar-refractivity contribution in [1.82, 2.24) is 0 Å². The lowest BCUT2D eigenvalue weighted by Gasteiger charge is -2.43. The van der Waals surface area contributed by atoms with Crippen molar-refractivity contribution < 1.29 is 0 Å². The molecule has 0 radical (unpaired) electrons. The van der Waals surface area contributed by atoms with Crippen molar-refractivity contribution in [2.45, 2.75) is 98.8 Å². The van der Waals surface area contributed by atoms with Crippen molar-refractivity contribution >= 4 is 6.08 Å². The van der Waals surface area contributed by atoms with Crippen LogP contribution in [0.5, 0.6) is 0 Å². The predicted molar refractivity (Wildman–Crippen MR) is 185 cm³/mol. The van der Waals surface area contributed by atoms with Gasteiger partial charge in [0.2, 0.25) is 0 Å². The number of allylic oxidation sites excluding steroid dienone is 5. The van der Waals surface area contributed by atoms with E-state index in [1.807, 2.05) is 0 Å². The third kappa shape index (κ3) is 5.69. The van der Waals surface area contributed by atoms with Crippen molar-refractivity contribution in [2.24, 2.45) is 46.8 Å². The fourth-order valence-corrected chi connectivity index (χ4v) is 10.2. The van der Waals surface area contributed by atoms with Gasteiger partial charge >= 0.3 is 0 Å². The molecular weight excluding hydrogens is 516 g/mol. The topological polar surface area (TPSA) is 0 Å². The summed E-state index contributed by atoms with van der Waals surface area (Å²) in [4.78, 5) is 0. The summed E-state index contributed by atoms with van der Waals surface area (Å²) in [5, 5.41) is 0. The van der Waals surface area contributed by atoms with E-state index >= 15 is 0 Å². The lowest BCUT2D eigenvalue weighted by atomic mass is 9.62. The maximum Gasteiger partial charge on any atom is 0.00827 e. The maximum absolute atomic E-state index is 4.64. The van der Waals surface area contributed by atoms with Crippen molar-refractivity contribution in [3.05, 3.63) is 100 Å². The molecule has 0 aliphatic heterocycles. The average molecular weight is 571 g/mol. The first-order valence-electron chi connectivity index (χ1n) is 17.5. The molecule has 5 atom stereocenters. The molecule has 0 amide bonds. The summed E-state index contributed by atoms with van der Waals surface area (Å²) in [6, 6.07) is 12.0. The van der Waals surface area contributed by atoms with Gasteiger partial charge in [0.15, 0.2) is 0 Å². The molecule has 5 unspecified atom stereocenters. The first-order chi connectivity index (χ1) is 20.5. The van der Waals surface area contributed by atoms with Gasteiger partial charge in [0.05, 0.1) is 0 Å². The lowest BCUT2D eigenvalue weighted by molar-refractivity contribution is 0.0870. The van der Waals surface area contributed by atoms with Crippen molar-refractivity contribution in [2.75, 3.05) is 0 Å². The summed E-state index contributed by atoms with van der Waals surface area (Å²) >= 11 is 0. The summed E-state index contributed by atoms with van der Waals surface area (Å²) < 4.78 is 0. The molecule has 43 heavy (non-hydrogen) atoms. The summed E-state index contributed by atoms with van der Waals surface area (Å²) in [5.74, 6) is 5.89. The number of fused-ring (bicyclic) bond motifs is 3. The van der Waals surface area contributed by atoms with E-state index in [2.05, 4.69) is 96.3 Å². The van der Waals surface area contributed by atoms with Crippen LogP contribution in [0.2, 0.25) is 0 Å². The summed E-state index contributed by atoms with van der Waals surface area (Å²) in [6.07, 6.45) is 20.7. The van der Waals surface area contributed by atoms with Gasteiger partial charge in [-0.3, -0.25) is 0 Å². The van der Waals surface area contributed by atoms with Crippen LogP contribution in [0.25, 0.3) is 17.2 Å². The Bertz CT molecular complexity index is 1500. The van der Waals surface area contributed by atoms with E-state index in [0.717, 1.165) is 48.9 Å². The highest BCUT2D eigenvalue weighted by molar-refractivity contribution is 5.80. The number of benzene rings is 2. The Morgan fingerprint density at radius 1 is 0.884 bits per heavy atom. The molecule has 3 fully saturated rings. The lowest BCUT2D eigenvalue weighted by Crippen LogP contribution is -2.34. The SMILES string of the molecule is C=C1C=CC(CC(C)(C)C)C(=C)C1CC1=Cc2cccc(-c3cc(C)cc(C)c3CC3CC(C4CC5CCC4C5)C3)c2C1. The molecule has 3 saturated carbocycles. The fraction of sp³-hybridized carbons (Fsp3) is 0.535. The average Bonchev–Trinajstić information content (AvgIpc) is 3.65. The maximum atomic E-state index is 4.64. The van der Waals surface area contributed by atoms with Gasteiger partial charge in [0, 0.05) is 5.92 Å². The summed E-state index contributed by atoms with van der Waals surface area (Å²) in [7, 11) is 0. The zero-order valence-corrected chi connectivity index (χ0v) is 27.6. The second-order valence-corrected chi connectivity index (χ2v) is 16.7. The third-order valence-corrected chi connectivity index (χ3v) is 12.3. The Hall–Kier alpha value is -2.60. The highest BCUT2D eigenvalue weighted by Gasteiger charge is 2.46. The summed E-state index contributed by atoms with van der Waals surface area (Å²) in [6.45, 7) is 20.8. The monoisotopic (exact) mass is 570 g/mol. The highest BCUT2D eigenvalue weighted by Crippen LogP contribution is 2.56. The zero-order valence-electron chi connectivity index (χ0n) is 27.6. The molecule has 5 aliphatic rings. The van der Waals surface area contributed by atoms with Crippen LogP contribution in [-0.2, 0) is 12.8 Å². The predicted octanol–water partition coefficient (Wildman–Crippen LogP) is 11.7. The molecule has 0 N–H and O–H groups in total. The smallest absolute Gasteiger partial charge is 0.00827 e. The Balaban J connectivity index is 1.09. The van der Waals surface area contributed by atoms with Crippen LogP contribution in [0.3, 0.4) is 0 Å². The summed E-state index contributed by atoms with van der Waals surface area (Å²) in [5.41, 5.74) is 14.9. The van der Waals surface area contributed by atoms with Crippen LogP contribution in [0, 0.1) is 60.7 Å². The molecule has 0 heterocycles. The molecule has 2 aromatic rings. The van der Waals surface area contributed by atoms with Crippen LogP contribution in [-0.4, -0.2) is 0 Å². The van der Waals surface area contributed by atoms with E-state index in [9.17, 15) is 0 Å². The molecule has 5 aliphatic carbocycles. The van der Waals surface area contributed by atoms with Crippen LogP contribution < -0.4 is 0 Å². The van der Waals surface area contributed by atoms with Gasteiger partial charge in [-0.15, -0.1) is 0 Å². The minimum atomic E-state index is 0.291. The molecule has 2 aromatic carbocycles. The van der Waals surface area contributed by atoms with Gasteiger partial charge in [0.25, 0.3) is 0 Å². The second-order valence-electron chi connectivity index (χ2n) is 16.7. The van der Waals surface area contributed by atoms with Gasteiger partial charge in [-0.2, -0.15) is 0 Å². The molecule has 2 bridgehead atoms. The molecule has 7 rings (SSSR count). The standard InChI is InChI=1S/C43H54/c1-26-15-28(3)39(23-31-19-36(20-31)40-21-30-12-14-34(40)17-30)42(16-26)37-10-8-9-33-18-32(24-41(33)37)22-38-27(2)11-13-35(29(38)4)25-43(5,6)7/h8-11,13,15-16,18,30-31,34-36,38,40H,2,4,12,14,17,19-25H2,1,3,5-7H3. The van der Waals surface area contributed by atoms with E-state index < -0.39 is 0 Å². The largest absolute Gasteiger partial charge is 0.0986 e. The first kappa shape index (κ1) is 29.1. The molecule has 226 valence electrons. The molecule has 0 saturated heterocycles. The van der Waals surface area contributed by atoms with Crippen LogP contribution in [0.1, 0.15) is 100.0 Å². The normalized spacial score (nSPS) is 31.4.